The van der Waals surface area contributed by atoms with Crippen LogP contribution < -0.4 is 5.32 Å². The second kappa shape index (κ2) is 3.71. The predicted octanol–water partition coefficient (Wildman–Crippen LogP) is 0.489. The lowest BCUT2D eigenvalue weighted by Crippen LogP contribution is -2.67. The summed E-state index contributed by atoms with van der Waals surface area (Å²) in [6, 6.07) is -1.03. The minimum absolute atomic E-state index is 0.224. The average molecular weight is 224 g/mol. The summed E-state index contributed by atoms with van der Waals surface area (Å²) in [5.41, 5.74) is 0. The van der Waals surface area contributed by atoms with E-state index >= 15 is 0 Å². The fraction of sp³-hybridized carbons (Fsp3) is 0.750. The second-order valence-electron chi connectivity index (χ2n) is 3.63. The third kappa shape index (κ3) is 2.40. The topological polar surface area (TPSA) is 49.4 Å². The van der Waals surface area contributed by atoms with Crippen LogP contribution >= 0.6 is 0 Å². The molecule has 0 spiro atoms. The molecule has 1 atom stereocenters. The molecule has 0 aromatic rings. The number of nitrogens with one attached hydrogen (secondary N) is 1. The molecule has 0 unspecified atom stereocenters. The molecular formula is C8H11F3N2O2. The molecule has 2 amide bonds. The van der Waals surface area contributed by atoms with E-state index in [0.717, 1.165) is 0 Å². The van der Waals surface area contributed by atoms with Gasteiger partial charge in [0.25, 0.3) is 5.91 Å². The maximum absolute atomic E-state index is 12.0. The third-order valence-corrected chi connectivity index (χ3v) is 2.08. The smallest absolute Gasteiger partial charge is 0.342 e. The van der Waals surface area contributed by atoms with Gasteiger partial charge in [-0.15, -0.1) is 13.2 Å². The quantitative estimate of drug-likeness (QED) is 0.548. The first-order valence-electron chi connectivity index (χ1n) is 4.42. The van der Waals surface area contributed by atoms with Crippen molar-refractivity contribution in [1.82, 2.24) is 10.2 Å². The minimum Gasteiger partial charge on any atom is -0.342 e. The largest absolute Gasteiger partial charge is 0.487 e. The molecule has 1 saturated heterocycles. The van der Waals surface area contributed by atoms with Crippen molar-refractivity contribution in [1.29, 1.82) is 0 Å². The molecule has 15 heavy (non-hydrogen) atoms. The number of hydrogen-bond acceptors (Lipinski definition) is 2. The van der Waals surface area contributed by atoms with E-state index < -0.39 is 30.7 Å². The number of hydrogen-bond donors (Lipinski definition) is 1. The van der Waals surface area contributed by atoms with Crippen LogP contribution in [0.5, 0.6) is 0 Å². The summed E-state index contributed by atoms with van der Waals surface area (Å²) in [7, 11) is 0. The molecule has 0 bridgehead atoms. The molecule has 1 fully saturated rings. The molecule has 1 aliphatic heterocycles. The van der Waals surface area contributed by atoms with Gasteiger partial charge in [-0.3, -0.25) is 9.59 Å². The molecule has 1 rings (SSSR count). The van der Waals surface area contributed by atoms with E-state index in [-0.39, 0.29) is 10.8 Å². The molecule has 86 valence electrons. The number of amides is 2. The van der Waals surface area contributed by atoms with E-state index in [4.69, 9.17) is 0 Å². The zero-order valence-corrected chi connectivity index (χ0v) is 8.26. The fourth-order valence-electron chi connectivity index (χ4n) is 1.10. The Morgan fingerprint density at radius 3 is 2.40 bits per heavy atom. The van der Waals surface area contributed by atoms with Gasteiger partial charge in [0, 0.05) is 5.92 Å². The monoisotopic (exact) mass is 224 g/mol. The standard InChI is InChI=1S/C8H11F3N2O2/c1-4(2)6(14)12-5-3-13(7(5)15)8(9,10)11/h4-5H,3H2,1-2H3,(H,12,14)/t5-/m1/s1. The number of rotatable bonds is 2. The van der Waals surface area contributed by atoms with Crippen molar-refractivity contribution in [3.8, 4) is 0 Å². The first-order chi connectivity index (χ1) is 6.73. The van der Waals surface area contributed by atoms with Gasteiger partial charge >= 0.3 is 6.30 Å². The van der Waals surface area contributed by atoms with Crippen molar-refractivity contribution in [3.05, 3.63) is 0 Å². The van der Waals surface area contributed by atoms with Gasteiger partial charge in [-0.1, -0.05) is 13.8 Å². The molecule has 0 radical (unpaired) electrons. The number of likely N-dealkylation sites (tertiary alicyclic amines) is 1. The summed E-state index contributed by atoms with van der Waals surface area (Å²) < 4.78 is 36.0. The van der Waals surface area contributed by atoms with Crippen LogP contribution in [-0.4, -0.2) is 35.6 Å². The van der Waals surface area contributed by atoms with Crippen molar-refractivity contribution in [2.45, 2.75) is 26.2 Å². The van der Waals surface area contributed by atoms with Gasteiger partial charge in [0.05, 0.1) is 6.54 Å². The normalized spacial score (nSPS) is 21.6. The van der Waals surface area contributed by atoms with E-state index in [0.29, 0.717) is 0 Å². The van der Waals surface area contributed by atoms with Crippen LogP contribution in [0.25, 0.3) is 0 Å². The number of halogens is 3. The number of alkyl halides is 3. The molecule has 0 aromatic carbocycles. The molecular weight excluding hydrogens is 213 g/mol. The first kappa shape index (κ1) is 11.8. The molecule has 1 aliphatic rings. The lowest BCUT2D eigenvalue weighted by molar-refractivity contribution is -0.258. The average Bonchev–Trinajstić information content (AvgIpc) is 2.07. The maximum Gasteiger partial charge on any atom is 0.487 e. The summed E-state index contributed by atoms with van der Waals surface area (Å²) >= 11 is 0. The van der Waals surface area contributed by atoms with Gasteiger partial charge in [-0.25, -0.2) is 4.90 Å². The summed E-state index contributed by atoms with van der Waals surface area (Å²) in [5, 5.41) is 2.24. The van der Waals surface area contributed by atoms with Gasteiger partial charge in [0.2, 0.25) is 5.91 Å². The lowest BCUT2D eigenvalue weighted by atomic mass is 10.1. The van der Waals surface area contributed by atoms with Gasteiger partial charge < -0.3 is 5.32 Å². The van der Waals surface area contributed by atoms with Gasteiger partial charge in [0.15, 0.2) is 0 Å². The number of carbonyl (C=O) groups is 2. The van der Waals surface area contributed by atoms with E-state index in [2.05, 4.69) is 5.32 Å². The Morgan fingerprint density at radius 2 is 2.07 bits per heavy atom. The van der Waals surface area contributed by atoms with Crippen LogP contribution in [0.3, 0.4) is 0 Å². The number of nitrogens with zero attached hydrogens (tertiary/aromatic N) is 1. The van der Waals surface area contributed by atoms with E-state index in [1.165, 1.54) is 0 Å². The highest BCUT2D eigenvalue weighted by atomic mass is 19.4. The SMILES string of the molecule is CC(C)C(=O)N[C@@H]1CN(C(F)(F)F)C1=O. The number of β-lactam (4-membered cyclic amide) rings is 1. The van der Waals surface area contributed by atoms with E-state index in [1.54, 1.807) is 13.8 Å². The summed E-state index contributed by atoms with van der Waals surface area (Å²) in [6.07, 6.45) is -4.64. The summed E-state index contributed by atoms with van der Waals surface area (Å²) in [6.45, 7) is 2.70. The van der Waals surface area contributed by atoms with Crippen molar-refractivity contribution in [3.63, 3.8) is 0 Å². The van der Waals surface area contributed by atoms with Crippen LogP contribution in [0.1, 0.15) is 13.8 Å². The lowest BCUT2D eigenvalue weighted by Gasteiger charge is -2.39. The maximum atomic E-state index is 12.0. The predicted molar refractivity (Wildman–Crippen MR) is 44.5 cm³/mol. The second-order valence-corrected chi connectivity index (χ2v) is 3.63. The number of carbonyl (C=O) groups excluding carboxylic acids is 2. The van der Waals surface area contributed by atoms with Crippen LogP contribution in [0.4, 0.5) is 13.2 Å². The van der Waals surface area contributed by atoms with Crippen LogP contribution in [-0.2, 0) is 9.59 Å². The third-order valence-electron chi connectivity index (χ3n) is 2.08. The van der Waals surface area contributed by atoms with Gasteiger partial charge in [0.1, 0.15) is 6.04 Å². The Bertz CT molecular complexity index is 288. The molecule has 0 aliphatic carbocycles. The molecule has 0 saturated carbocycles. The van der Waals surface area contributed by atoms with Gasteiger partial charge in [-0.05, 0) is 0 Å². The van der Waals surface area contributed by atoms with Crippen molar-refractivity contribution in [2.75, 3.05) is 6.54 Å². The van der Waals surface area contributed by atoms with Crippen LogP contribution in [0.15, 0.2) is 0 Å². The summed E-state index contributed by atoms with van der Waals surface area (Å²) in [4.78, 5) is 21.8. The van der Waals surface area contributed by atoms with Crippen LogP contribution in [0.2, 0.25) is 0 Å². The highest BCUT2D eigenvalue weighted by Crippen LogP contribution is 2.27. The van der Waals surface area contributed by atoms with Crippen LogP contribution in [0, 0.1) is 5.92 Å². The van der Waals surface area contributed by atoms with Crippen molar-refractivity contribution in [2.24, 2.45) is 5.92 Å². The fourth-order valence-corrected chi connectivity index (χ4v) is 1.10. The molecule has 7 heteroatoms. The molecule has 1 heterocycles. The molecule has 4 nitrogen and oxygen atoms in total. The zero-order chi connectivity index (χ0) is 11.8. The highest BCUT2D eigenvalue weighted by molar-refractivity contribution is 5.92. The van der Waals surface area contributed by atoms with E-state index in [1.807, 2.05) is 0 Å². The Morgan fingerprint density at radius 1 is 1.53 bits per heavy atom. The Balaban J connectivity index is 2.47. The van der Waals surface area contributed by atoms with E-state index in [9.17, 15) is 22.8 Å². The Labute approximate surface area is 84.4 Å². The Hall–Kier alpha value is -1.27. The van der Waals surface area contributed by atoms with Crippen molar-refractivity contribution >= 4 is 11.8 Å². The highest BCUT2D eigenvalue weighted by Gasteiger charge is 2.52. The first-order valence-corrected chi connectivity index (χ1v) is 4.42. The van der Waals surface area contributed by atoms with Gasteiger partial charge in [-0.2, -0.15) is 0 Å². The molecule has 0 aromatic heterocycles. The molecule has 1 N–H and O–H groups in total. The summed E-state index contributed by atoms with van der Waals surface area (Å²) in [5.74, 6) is -1.87. The zero-order valence-electron chi connectivity index (χ0n) is 8.26. The Kier molecular flexibility index (Phi) is 2.92. The minimum atomic E-state index is -4.64. The van der Waals surface area contributed by atoms with Crippen molar-refractivity contribution < 1.29 is 22.8 Å².